The summed E-state index contributed by atoms with van der Waals surface area (Å²) in [5.41, 5.74) is 1.74. The number of ether oxygens (including phenoxy) is 1. The Hall–Kier alpha value is -4.26. The van der Waals surface area contributed by atoms with Gasteiger partial charge in [0.1, 0.15) is 0 Å². The van der Waals surface area contributed by atoms with Crippen LogP contribution in [0.15, 0.2) is 76.8 Å². The summed E-state index contributed by atoms with van der Waals surface area (Å²) in [5.74, 6) is -0.669. The van der Waals surface area contributed by atoms with Crippen molar-refractivity contribution in [1.29, 1.82) is 0 Å². The summed E-state index contributed by atoms with van der Waals surface area (Å²) in [5, 5.41) is 0.0358. The Labute approximate surface area is 183 Å². The second kappa shape index (κ2) is 8.47. The van der Waals surface area contributed by atoms with Gasteiger partial charge in [-0.15, -0.1) is 0 Å². The van der Waals surface area contributed by atoms with Gasteiger partial charge in [-0.25, -0.2) is 19.1 Å². The molecule has 2 aromatic heterocycles. The Bertz CT molecular complexity index is 1450. The van der Waals surface area contributed by atoms with E-state index in [0.29, 0.717) is 11.4 Å². The summed E-state index contributed by atoms with van der Waals surface area (Å²) >= 11 is 0. The van der Waals surface area contributed by atoms with E-state index in [1.54, 1.807) is 37.3 Å². The van der Waals surface area contributed by atoms with E-state index >= 15 is 0 Å². The van der Waals surface area contributed by atoms with Crippen LogP contribution in [0.5, 0.6) is 0 Å². The molecule has 0 unspecified atom stereocenters. The first kappa shape index (κ1) is 21.0. The molecule has 0 aliphatic heterocycles. The van der Waals surface area contributed by atoms with Crippen LogP contribution < -0.4 is 11.2 Å². The number of hydrogen-bond acceptors (Lipinski definition) is 5. The highest BCUT2D eigenvalue weighted by atomic mass is 16.5. The van der Waals surface area contributed by atoms with Gasteiger partial charge < -0.3 is 4.74 Å². The molecule has 32 heavy (non-hydrogen) atoms. The van der Waals surface area contributed by atoms with Crippen molar-refractivity contribution in [2.45, 2.75) is 13.5 Å². The maximum Gasteiger partial charge on any atom is 0.338 e. The van der Waals surface area contributed by atoms with Crippen molar-refractivity contribution in [1.82, 2.24) is 14.1 Å². The number of fused-ring (bicyclic) bond motifs is 1. The normalized spacial score (nSPS) is 10.8. The van der Waals surface area contributed by atoms with E-state index in [1.165, 1.54) is 17.7 Å². The number of para-hydroxylation sites is 1. The number of carbonyl (C=O) groups is 1. The van der Waals surface area contributed by atoms with Gasteiger partial charge in [-0.3, -0.25) is 9.36 Å². The molecular weight excluding hydrogens is 406 g/mol. The van der Waals surface area contributed by atoms with Gasteiger partial charge in [0, 0.05) is 5.69 Å². The summed E-state index contributed by atoms with van der Waals surface area (Å²) in [4.78, 5) is 44.0. The Kier molecular flexibility index (Phi) is 5.55. The largest absolute Gasteiger partial charge is 0.465 e. The van der Waals surface area contributed by atoms with Crippen LogP contribution in [0.25, 0.3) is 22.8 Å². The van der Waals surface area contributed by atoms with Crippen molar-refractivity contribution < 1.29 is 9.53 Å². The first-order chi connectivity index (χ1) is 15.4. The lowest BCUT2D eigenvalue weighted by Crippen LogP contribution is -2.40. The van der Waals surface area contributed by atoms with Crippen LogP contribution in [-0.4, -0.2) is 27.2 Å². The molecule has 2 heterocycles. The minimum atomic E-state index is -0.669. The number of rotatable bonds is 5. The quantitative estimate of drug-likeness (QED) is 0.456. The molecule has 7 nitrogen and oxygen atoms in total. The molecule has 0 aliphatic carbocycles. The number of aryl methyl sites for hydroxylation is 1. The van der Waals surface area contributed by atoms with Crippen LogP contribution in [0, 0.1) is 6.92 Å². The maximum atomic E-state index is 13.5. The third-order valence-corrected chi connectivity index (χ3v) is 5.20. The van der Waals surface area contributed by atoms with E-state index in [0.717, 1.165) is 15.7 Å². The standard InChI is InChI=1S/C25H21N3O4/c1-4-17-10-12-18(13-11-17)15-27-23(29)21-20(24(30)32-3)14-16(2)26-22(21)28(25(27)31)19-8-6-5-7-9-19/h4-14H,1,15H2,2-3H3. The van der Waals surface area contributed by atoms with E-state index in [4.69, 9.17) is 4.74 Å². The number of benzene rings is 2. The van der Waals surface area contributed by atoms with E-state index < -0.39 is 17.2 Å². The number of pyridine rings is 1. The van der Waals surface area contributed by atoms with E-state index in [2.05, 4.69) is 11.6 Å². The van der Waals surface area contributed by atoms with Crippen molar-refractivity contribution in [3.63, 3.8) is 0 Å². The minimum absolute atomic E-state index is 0.0341. The van der Waals surface area contributed by atoms with Gasteiger partial charge in [0.05, 0.1) is 30.3 Å². The lowest BCUT2D eigenvalue weighted by atomic mass is 10.1. The average Bonchev–Trinajstić information content (AvgIpc) is 2.81. The third kappa shape index (κ3) is 3.65. The van der Waals surface area contributed by atoms with Gasteiger partial charge in [-0.05, 0) is 36.2 Å². The zero-order valence-electron chi connectivity index (χ0n) is 17.7. The predicted molar refractivity (Wildman–Crippen MR) is 123 cm³/mol. The fourth-order valence-electron chi connectivity index (χ4n) is 3.62. The highest BCUT2D eigenvalue weighted by Crippen LogP contribution is 2.18. The number of aromatic nitrogens is 3. The smallest absolute Gasteiger partial charge is 0.338 e. The fraction of sp³-hybridized carbons (Fsp3) is 0.120. The molecule has 0 saturated heterocycles. The summed E-state index contributed by atoms with van der Waals surface area (Å²) in [7, 11) is 1.25. The molecule has 2 aromatic carbocycles. The van der Waals surface area contributed by atoms with Gasteiger partial charge in [0.25, 0.3) is 5.56 Å². The molecule has 0 saturated carbocycles. The molecule has 0 aliphatic rings. The number of methoxy groups -OCH3 is 1. The molecule has 0 amide bonds. The molecule has 0 atom stereocenters. The van der Waals surface area contributed by atoms with Gasteiger partial charge in [-0.1, -0.05) is 55.1 Å². The van der Waals surface area contributed by atoms with Gasteiger partial charge in [0.15, 0.2) is 5.65 Å². The monoisotopic (exact) mass is 427 g/mol. The Morgan fingerprint density at radius 2 is 1.78 bits per heavy atom. The number of hydrogen-bond donors (Lipinski definition) is 0. The summed E-state index contributed by atoms with van der Waals surface area (Å²) in [6, 6.07) is 17.8. The summed E-state index contributed by atoms with van der Waals surface area (Å²) in [6.07, 6.45) is 1.71. The van der Waals surface area contributed by atoms with Crippen LogP contribution >= 0.6 is 0 Å². The maximum absolute atomic E-state index is 13.5. The van der Waals surface area contributed by atoms with E-state index in [-0.39, 0.29) is 23.1 Å². The third-order valence-electron chi connectivity index (χ3n) is 5.20. The topological polar surface area (TPSA) is 83.2 Å². The van der Waals surface area contributed by atoms with Crippen molar-refractivity contribution in [2.75, 3.05) is 7.11 Å². The van der Waals surface area contributed by atoms with Crippen LogP contribution in [0.1, 0.15) is 27.2 Å². The Morgan fingerprint density at radius 1 is 1.09 bits per heavy atom. The minimum Gasteiger partial charge on any atom is -0.465 e. The highest BCUT2D eigenvalue weighted by molar-refractivity contribution is 6.02. The van der Waals surface area contributed by atoms with E-state index in [1.807, 2.05) is 30.3 Å². The molecule has 0 spiro atoms. The fourth-order valence-corrected chi connectivity index (χ4v) is 3.62. The summed E-state index contributed by atoms with van der Waals surface area (Å²) in [6.45, 7) is 5.46. The van der Waals surface area contributed by atoms with Crippen molar-refractivity contribution in [3.05, 3.63) is 110 Å². The average molecular weight is 427 g/mol. The predicted octanol–water partition coefficient (Wildman–Crippen LogP) is 3.33. The molecule has 4 aromatic rings. The second-order valence-electron chi connectivity index (χ2n) is 7.29. The van der Waals surface area contributed by atoms with Crippen LogP contribution in [-0.2, 0) is 11.3 Å². The number of esters is 1. The highest BCUT2D eigenvalue weighted by Gasteiger charge is 2.22. The van der Waals surface area contributed by atoms with Crippen molar-refractivity contribution >= 4 is 23.1 Å². The molecular formula is C25H21N3O4. The summed E-state index contributed by atoms with van der Waals surface area (Å²) < 4.78 is 7.37. The molecule has 0 fully saturated rings. The number of nitrogens with zero attached hydrogens (tertiary/aromatic N) is 3. The van der Waals surface area contributed by atoms with Crippen LogP contribution in [0.3, 0.4) is 0 Å². The van der Waals surface area contributed by atoms with Crippen LogP contribution in [0.4, 0.5) is 0 Å². The SMILES string of the molecule is C=Cc1ccc(Cn2c(=O)c3c(C(=O)OC)cc(C)nc3n(-c3ccccc3)c2=O)cc1. The Morgan fingerprint density at radius 3 is 2.41 bits per heavy atom. The first-order valence-electron chi connectivity index (χ1n) is 9.97. The molecule has 4 rings (SSSR count). The van der Waals surface area contributed by atoms with Gasteiger partial charge in [-0.2, -0.15) is 0 Å². The van der Waals surface area contributed by atoms with Crippen molar-refractivity contribution in [2.24, 2.45) is 0 Å². The van der Waals surface area contributed by atoms with Gasteiger partial charge in [0.2, 0.25) is 0 Å². The van der Waals surface area contributed by atoms with Crippen molar-refractivity contribution in [3.8, 4) is 5.69 Å². The lowest BCUT2D eigenvalue weighted by Gasteiger charge is -2.16. The Balaban J connectivity index is 2.09. The van der Waals surface area contributed by atoms with Gasteiger partial charge >= 0.3 is 11.7 Å². The second-order valence-corrected chi connectivity index (χ2v) is 7.29. The van der Waals surface area contributed by atoms with E-state index in [9.17, 15) is 14.4 Å². The zero-order valence-corrected chi connectivity index (χ0v) is 17.7. The zero-order chi connectivity index (χ0) is 22.8. The molecule has 7 heteroatoms. The molecule has 0 radical (unpaired) electrons. The molecule has 160 valence electrons. The number of carbonyl (C=O) groups excluding carboxylic acids is 1. The van der Waals surface area contributed by atoms with Crippen LogP contribution in [0.2, 0.25) is 0 Å². The molecule has 0 N–H and O–H groups in total. The first-order valence-corrected chi connectivity index (χ1v) is 9.97. The molecule has 0 bridgehead atoms. The lowest BCUT2D eigenvalue weighted by molar-refractivity contribution is 0.0602.